The number of benzene rings is 1. The number of anilines is 1. The first-order chi connectivity index (χ1) is 11.8. The molecular formula is C15H16FN5O2S2. The van der Waals surface area contributed by atoms with Crippen LogP contribution in [-0.4, -0.2) is 41.9 Å². The highest BCUT2D eigenvalue weighted by atomic mass is 32.2. The molecule has 0 aliphatic rings. The molecule has 0 unspecified atom stereocenters. The van der Waals surface area contributed by atoms with Gasteiger partial charge in [0.25, 0.3) is 0 Å². The van der Waals surface area contributed by atoms with E-state index in [0.717, 1.165) is 5.01 Å². The van der Waals surface area contributed by atoms with E-state index in [-0.39, 0.29) is 11.6 Å². The lowest BCUT2D eigenvalue weighted by Crippen LogP contribution is -2.21. The van der Waals surface area contributed by atoms with E-state index in [9.17, 15) is 12.8 Å². The monoisotopic (exact) mass is 381 g/mol. The second-order valence-electron chi connectivity index (χ2n) is 5.54. The minimum Gasteiger partial charge on any atom is -0.383 e. The molecule has 7 nitrogen and oxygen atoms in total. The van der Waals surface area contributed by atoms with Crippen LogP contribution >= 0.6 is 11.3 Å². The molecule has 0 spiro atoms. The fraction of sp³-hybridized carbons (Fsp3) is 0.267. The Morgan fingerprint density at radius 2 is 2.12 bits per heavy atom. The molecule has 0 aliphatic carbocycles. The van der Waals surface area contributed by atoms with Crippen LogP contribution in [0.4, 0.5) is 10.2 Å². The quantitative estimate of drug-likeness (QED) is 0.624. The van der Waals surface area contributed by atoms with Gasteiger partial charge in [-0.05, 0) is 6.07 Å². The lowest BCUT2D eigenvalue weighted by atomic mass is 10.1. The molecule has 3 aromatic rings. The zero-order valence-corrected chi connectivity index (χ0v) is 15.0. The average Bonchev–Trinajstić information content (AvgIpc) is 2.99. The number of halogens is 1. The predicted octanol–water partition coefficient (Wildman–Crippen LogP) is 1.61. The molecule has 0 atom stereocenters. The van der Waals surface area contributed by atoms with Gasteiger partial charge >= 0.3 is 0 Å². The van der Waals surface area contributed by atoms with Gasteiger partial charge in [0.2, 0.25) is 0 Å². The Morgan fingerprint density at radius 1 is 1.32 bits per heavy atom. The first-order valence-corrected chi connectivity index (χ1v) is 10.3. The molecule has 2 aromatic heterocycles. The van der Waals surface area contributed by atoms with E-state index < -0.39 is 15.7 Å². The first-order valence-electron chi connectivity index (χ1n) is 7.36. The van der Waals surface area contributed by atoms with E-state index in [1.165, 1.54) is 30.0 Å². The first kappa shape index (κ1) is 17.6. The fourth-order valence-electron chi connectivity index (χ4n) is 2.26. The van der Waals surface area contributed by atoms with Crippen LogP contribution in [0.1, 0.15) is 5.01 Å². The summed E-state index contributed by atoms with van der Waals surface area (Å²) in [5.41, 5.74) is 7.08. The minimum atomic E-state index is -3.00. The highest BCUT2D eigenvalue weighted by molar-refractivity contribution is 7.90. The summed E-state index contributed by atoms with van der Waals surface area (Å²) in [6.45, 7) is 0.757. The van der Waals surface area contributed by atoms with Crippen LogP contribution in [0.5, 0.6) is 0 Å². The van der Waals surface area contributed by atoms with Crippen molar-refractivity contribution < 1.29 is 12.8 Å². The second kappa shape index (κ2) is 6.98. The molecule has 2 heterocycles. The van der Waals surface area contributed by atoms with Crippen LogP contribution in [0.3, 0.4) is 0 Å². The van der Waals surface area contributed by atoms with Gasteiger partial charge in [0.1, 0.15) is 32.8 Å². The molecule has 0 bridgehead atoms. The van der Waals surface area contributed by atoms with E-state index in [1.54, 1.807) is 11.4 Å². The van der Waals surface area contributed by atoms with Crippen molar-refractivity contribution in [1.82, 2.24) is 20.3 Å². The Bertz CT molecular complexity index is 1020. The fourth-order valence-corrected chi connectivity index (χ4v) is 3.54. The molecule has 0 fully saturated rings. The molecule has 1 aromatic carbocycles. The van der Waals surface area contributed by atoms with E-state index in [4.69, 9.17) is 5.73 Å². The minimum absolute atomic E-state index is 0.0593. The van der Waals surface area contributed by atoms with Gasteiger partial charge < -0.3 is 11.1 Å². The average molecular weight is 381 g/mol. The zero-order chi connectivity index (χ0) is 18.0. The zero-order valence-electron chi connectivity index (χ0n) is 13.4. The second-order valence-corrected chi connectivity index (χ2v) is 8.74. The Morgan fingerprint density at radius 3 is 2.88 bits per heavy atom. The number of nitrogen functional groups attached to an aromatic ring is 1. The number of rotatable bonds is 6. The number of thiazole rings is 1. The number of nitrogens with zero attached hydrogens (tertiary/aromatic N) is 3. The van der Waals surface area contributed by atoms with Crippen molar-refractivity contribution >= 4 is 37.9 Å². The molecule has 10 heteroatoms. The van der Waals surface area contributed by atoms with E-state index >= 15 is 0 Å². The summed E-state index contributed by atoms with van der Waals surface area (Å²) in [6, 6.07) is 2.90. The summed E-state index contributed by atoms with van der Waals surface area (Å²) in [6.07, 6.45) is 2.48. The van der Waals surface area contributed by atoms with Crippen molar-refractivity contribution in [2.45, 2.75) is 6.54 Å². The lowest BCUT2D eigenvalue weighted by molar-refractivity contribution is 0.596. The summed E-state index contributed by atoms with van der Waals surface area (Å²) in [7, 11) is -3.00. The molecule has 3 rings (SSSR count). The molecule has 132 valence electrons. The number of hydrogen-bond acceptors (Lipinski definition) is 8. The summed E-state index contributed by atoms with van der Waals surface area (Å²) < 4.78 is 36.5. The highest BCUT2D eigenvalue weighted by Crippen LogP contribution is 2.29. The van der Waals surface area contributed by atoms with Crippen LogP contribution in [-0.2, 0) is 16.4 Å². The van der Waals surface area contributed by atoms with Crippen LogP contribution < -0.4 is 11.1 Å². The van der Waals surface area contributed by atoms with E-state index in [1.807, 2.05) is 0 Å². The molecule has 0 aliphatic heterocycles. The maximum Gasteiger partial charge on any atom is 0.148 e. The third-order valence-corrected chi connectivity index (χ3v) is 5.30. The van der Waals surface area contributed by atoms with Crippen molar-refractivity contribution in [3.05, 3.63) is 34.7 Å². The maximum absolute atomic E-state index is 14.4. The Hall–Kier alpha value is -2.17. The lowest BCUT2D eigenvalue weighted by Gasteiger charge is -2.04. The Balaban J connectivity index is 1.79. The predicted molar refractivity (Wildman–Crippen MR) is 96.4 cm³/mol. The van der Waals surface area contributed by atoms with E-state index in [2.05, 4.69) is 20.3 Å². The number of fused-ring (bicyclic) bond motifs is 1. The van der Waals surface area contributed by atoms with Gasteiger partial charge in [-0.1, -0.05) is 0 Å². The smallest absolute Gasteiger partial charge is 0.148 e. The number of nitrogens with two attached hydrogens (primary N) is 1. The SMILES string of the molecule is CS(=O)(=O)CCNCc1nc(-c2cc3c(N)ncnc3cc2F)cs1. The normalized spacial score (nSPS) is 11.9. The third-order valence-electron chi connectivity index (χ3n) is 3.51. The van der Waals surface area contributed by atoms with Crippen LogP contribution in [0, 0.1) is 5.82 Å². The molecular weight excluding hydrogens is 365 g/mol. The van der Waals surface area contributed by atoms with Gasteiger partial charge in [-0.15, -0.1) is 11.3 Å². The summed E-state index contributed by atoms with van der Waals surface area (Å²) in [4.78, 5) is 12.3. The van der Waals surface area contributed by atoms with Gasteiger partial charge in [-0.25, -0.2) is 27.8 Å². The van der Waals surface area contributed by atoms with Gasteiger partial charge in [0.05, 0.1) is 17.0 Å². The Kier molecular flexibility index (Phi) is 4.93. The van der Waals surface area contributed by atoms with Crippen molar-refractivity contribution in [1.29, 1.82) is 0 Å². The number of aromatic nitrogens is 3. The standard InChI is InChI=1S/C15H16FN5O2S2/c1-25(22,23)3-2-18-6-14-21-13(7-24-14)9-4-10-12(5-11(9)16)19-8-20-15(10)17/h4-5,7-8,18H,2-3,6H2,1H3,(H2,17,19,20). The summed E-state index contributed by atoms with van der Waals surface area (Å²) >= 11 is 1.37. The van der Waals surface area contributed by atoms with Gasteiger partial charge in [-0.2, -0.15) is 0 Å². The van der Waals surface area contributed by atoms with Crippen LogP contribution in [0.2, 0.25) is 0 Å². The largest absolute Gasteiger partial charge is 0.383 e. The third kappa shape index (κ3) is 4.27. The Labute approximate surface area is 148 Å². The van der Waals surface area contributed by atoms with Gasteiger partial charge in [0, 0.05) is 41.7 Å². The van der Waals surface area contributed by atoms with Crippen molar-refractivity contribution in [2.75, 3.05) is 24.3 Å². The summed E-state index contributed by atoms with van der Waals surface area (Å²) in [5.74, 6) is -0.0966. The van der Waals surface area contributed by atoms with Crippen molar-refractivity contribution in [2.24, 2.45) is 0 Å². The van der Waals surface area contributed by atoms with E-state index in [0.29, 0.717) is 35.2 Å². The van der Waals surface area contributed by atoms with Crippen LogP contribution in [0.15, 0.2) is 23.8 Å². The number of nitrogens with one attached hydrogen (secondary N) is 1. The maximum atomic E-state index is 14.4. The van der Waals surface area contributed by atoms with Crippen molar-refractivity contribution in [3.8, 4) is 11.3 Å². The highest BCUT2D eigenvalue weighted by Gasteiger charge is 2.13. The molecule has 25 heavy (non-hydrogen) atoms. The summed E-state index contributed by atoms with van der Waals surface area (Å²) in [5, 5.41) is 6.06. The van der Waals surface area contributed by atoms with Gasteiger partial charge in [-0.3, -0.25) is 0 Å². The number of sulfone groups is 1. The molecule has 0 saturated heterocycles. The molecule has 0 radical (unpaired) electrons. The number of hydrogen-bond donors (Lipinski definition) is 2. The molecule has 3 N–H and O–H groups in total. The van der Waals surface area contributed by atoms with Gasteiger partial charge in [0.15, 0.2) is 0 Å². The van der Waals surface area contributed by atoms with Crippen molar-refractivity contribution in [3.63, 3.8) is 0 Å². The molecule has 0 amide bonds. The van der Waals surface area contributed by atoms with Crippen LogP contribution in [0.25, 0.3) is 22.2 Å². The molecule has 0 saturated carbocycles. The topological polar surface area (TPSA) is 111 Å².